The highest BCUT2D eigenvalue weighted by atomic mass is 32.1. The molecule has 2 bridgehead atoms. The number of hydrogen-bond acceptors (Lipinski definition) is 2. The summed E-state index contributed by atoms with van der Waals surface area (Å²) in [6.07, 6.45) is 6.03. The lowest BCUT2D eigenvalue weighted by atomic mass is 9.44. The number of benzene rings is 1. The first-order chi connectivity index (χ1) is 13.9. The molecule has 166 valence electrons. The van der Waals surface area contributed by atoms with Crippen LogP contribution in [0.1, 0.15) is 79.2 Å². The molecule has 0 amide bonds. The molecule has 3 heteroatoms. The van der Waals surface area contributed by atoms with Gasteiger partial charge < -0.3 is 10.6 Å². The molecule has 0 radical (unpaired) electrons. The summed E-state index contributed by atoms with van der Waals surface area (Å²) in [5.74, 6) is 1.43. The average Bonchev–Trinajstić information content (AvgIpc) is 2.68. The van der Waals surface area contributed by atoms with Gasteiger partial charge in [0, 0.05) is 24.5 Å². The van der Waals surface area contributed by atoms with Gasteiger partial charge in [-0.05, 0) is 65.7 Å². The van der Waals surface area contributed by atoms with Gasteiger partial charge >= 0.3 is 0 Å². The van der Waals surface area contributed by atoms with Gasteiger partial charge in [-0.15, -0.1) is 0 Å². The molecule has 1 aromatic rings. The Morgan fingerprint density at radius 3 is 2.33 bits per heavy atom. The van der Waals surface area contributed by atoms with E-state index < -0.39 is 0 Å². The van der Waals surface area contributed by atoms with Crippen molar-refractivity contribution in [2.45, 2.75) is 85.1 Å². The monoisotopic (exact) mass is 426 g/mol. The number of rotatable bonds is 2. The molecule has 2 aliphatic carbocycles. The van der Waals surface area contributed by atoms with E-state index in [2.05, 4.69) is 76.8 Å². The maximum atomic E-state index is 6.44. The van der Waals surface area contributed by atoms with Gasteiger partial charge in [0.05, 0.1) is 4.99 Å². The van der Waals surface area contributed by atoms with Gasteiger partial charge in [-0.2, -0.15) is 0 Å². The normalized spacial score (nSPS) is 40.1. The van der Waals surface area contributed by atoms with E-state index in [0.717, 1.165) is 25.4 Å². The lowest BCUT2D eigenvalue weighted by Gasteiger charge is -2.62. The first kappa shape index (κ1) is 22.3. The van der Waals surface area contributed by atoms with E-state index in [1.807, 2.05) is 0 Å². The van der Waals surface area contributed by atoms with Crippen molar-refractivity contribution >= 4 is 17.2 Å². The topological polar surface area (TPSA) is 29.3 Å². The molecule has 2 N–H and O–H groups in total. The van der Waals surface area contributed by atoms with E-state index >= 15 is 0 Å². The predicted molar refractivity (Wildman–Crippen MR) is 132 cm³/mol. The van der Waals surface area contributed by atoms with E-state index in [0.29, 0.717) is 11.3 Å². The molecule has 0 aromatic heterocycles. The minimum atomic E-state index is 0.0724. The second-order valence-corrected chi connectivity index (χ2v) is 12.9. The largest absolute Gasteiger partial charge is 0.365 e. The molecule has 1 saturated heterocycles. The standard InChI is InChI=1S/C27H42N2S/c1-19-14-27(20-10-8-7-9-11-20)16-21(25(19,4)5)15-26(6,17-27)23(30)29-13-12-22(28)24(2,3)18-29/h7-11,19,21-22H,12-18,28H2,1-6H3. The van der Waals surface area contributed by atoms with Crippen LogP contribution >= 0.6 is 12.2 Å². The fraction of sp³-hybridized carbons (Fsp3) is 0.741. The summed E-state index contributed by atoms with van der Waals surface area (Å²) in [4.78, 5) is 3.73. The van der Waals surface area contributed by atoms with Crippen molar-refractivity contribution in [2.75, 3.05) is 13.1 Å². The maximum Gasteiger partial charge on any atom is 0.0839 e. The number of fused-ring (bicyclic) bond motifs is 2. The van der Waals surface area contributed by atoms with Gasteiger partial charge in [0.25, 0.3) is 0 Å². The molecular weight excluding hydrogens is 384 g/mol. The number of hydrogen-bond donors (Lipinski definition) is 1. The van der Waals surface area contributed by atoms with Crippen molar-refractivity contribution in [3.8, 4) is 0 Å². The fourth-order valence-electron chi connectivity index (χ4n) is 7.13. The third-order valence-corrected chi connectivity index (χ3v) is 10.3. The minimum Gasteiger partial charge on any atom is -0.365 e. The van der Waals surface area contributed by atoms with Gasteiger partial charge in [0.15, 0.2) is 0 Å². The van der Waals surface area contributed by atoms with Crippen LogP contribution in [0.4, 0.5) is 0 Å². The zero-order valence-corrected chi connectivity index (χ0v) is 20.8. The molecule has 5 unspecified atom stereocenters. The van der Waals surface area contributed by atoms with Crippen molar-refractivity contribution < 1.29 is 0 Å². The highest BCUT2D eigenvalue weighted by Crippen LogP contribution is 2.64. The molecule has 2 nitrogen and oxygen atoms in total. The van der Waals surface area contributed by atoms with Gasteiger partial charge in [0.2, 0.25) is 0 Å². The van der Waals surface area contributed by atoms with E-state index in [-0.39, 0.29) is 22.3 Å². The molecule has 1 aromatic carbocycles. The van der Waals surface area contributed by atoms with E-state index in [9.17, 15) is 0 Å². The van der Waals surface area contributed by atoms with E-state index in [1.165, 1.54) is 36.2 Å². The Morgan fingerprint density at radius 1 is 1.03 bits per heavy atom. The molecule has 3 fully saturated rings. The highest BCUT2D eigenvalue weighted by molar-refractivity contribution is 7.80. The van der Waals surface area contributed by atoms with Gasteiger partial charge in [0.1, 0.15) is 0 Å². The third kappa shape index (κ3) is 3.54. The third-order valence-electron chi connectivity index (χ3n) is 9.58. The number of nitrogens with zero attached hydrogens (tertiary/aromatic N) is 1. The fourth-order valence-corrected chi connectivity index (χ4v) is 7.44. The summed E-state index contributed by atoms with van der Waals surface area (Å²) in [5, 5.41) is 0. The van der Waals surface area contributed by atoms with Gasteiger partial charge in [-0.1, -0.05) is 84.1 Å². The summed E-state index contributed by atoms with van der Waals surface area (Å²) in [6, 6.07) is 11.6. The Bertz CT molecular complexity index is 796. The molecular formula is C27H42N2S. The predicted octanol–water partition coefficient (Wildman–Crippen LogP) is 6.18. The van der Waals surface area contributed by atoms with Crippen LogP contribution < -0.4 is 5.73 Å². The Balaban J connectivity index is 1.70. The summed E-state index contributed by atoms with van der Waals surface area (Å²) < 4.78 is 0. The quantitative estimate of drug-likeness (QED) is 0.572. The maximum absolute atomic E-state index is 6.44. The second kappa shape index (κ2) is 7.30. The molecule has 4 rings (SSSR count). The lowest BCUT2D eigenvalue weighted by molar-refractivity contribution is -0.0488. The Morgan fingerprint density at radius 2 is 1.70 bits per heavy atom. The van der Waals surface area contributed by atoms with Crippen molar-refractivity contribution in [2.24, 2.45) is 33.8 Å². The first-order valence-electron chi connectivity index (χ1n) is 12.0. The van der Waals surface area contributed by atoms with Crippen molar-refractivity contribution in [3.05, 3.63) is 35.9 Å². The van der Waals surface area contributed by atoms with Crippen LogP contribution in [0.15, 0.2) is 30.3 Å². The number of nitrogens with two attached hydrogens (primary N) is 1. The van der Waals surface area contributed by atoms with Crippen LogP contribution in [-0.2, 0) is 5.41 Å². The Labute approximate surface area is 190 Å². The zero-order valence-electron chi connectivity index (χ0n) is 20.0. The average molecular weight is 427 g/mol. The molecule has 2 saturated carbocycles. The molecule has 30 heavy (non-hydrogen) atoms. The van der Waals surface area contributed by atoms with E-state index in [1.54, 1.807) is 0 Å². The Hall–Kier alpha value is -0.930. The first-order valence-corrected chi connectivity index (χ1v) is 12.4. The summed E-state index contributed by atoms with van der Waals surface area (Å²) in [5.41, 5.74) is 8.77. The van der Waals surface area contributed by atoms with Crippen LogP contribution in [0.2, 0.25) is 0 Å². The smallest absolute Gasteiger partial charge is 0.0839 e. The summed E-state index contributed by atoms with van der Waals surface area (Å²) in [6.45, 7) is 16.6. The molecule has 5 atom stereocenters. The molecule has 0 spiro atoms. The Kier molecular flexibility index (Phi) is 5.42. The van der Waals surface area contributed by atoms with Crippen molar-refractivity contribution in [1.29, 1.82) is 0 Å². The van der Waals surface area contributed by atoms with Crippen LogP contribution in [0.5, 0.6) is 0 Å². The number of thiocarbonyl (C=S) groups is 1. The number of piperidine rings is 1. The molecule has 1 aliphatic heterocycles. The van der Waals surface area contributed by atoms with Gasteiger partial charge in [-0.25, -0.2) is 0 Å². The molecule has 1 heterocycles. The SMILES string of the molecule is CC1CC2(c3ccccc3)CC(CC(C)(C(=S)N3CCC(N)C(C)(C)C3)C2)C1(C)C. The van der Waals surface area contributed by atoms with Crippen LogP contribution in [0.3, 0.4) is 0 Å². The summed E-state index contributed by atoms with van der Waals surface area (Å²) in [7, 11) is 0. The van der Waals surface area contributed by atoms with Crippen molar-refractivity contribution in [1.82, 2.24) is 4.90 Å². The van der Waals surface area contributed by atoms with Crippen molar-refractivity contribution in [3.63, 3.8) is 0 Å². The van der Waals surface area contributed by atoms with Gasteiger partial charge in [-0.3, -0.25) is 0 Å². The summed E-state index contributed by atoms with van der Waals surface area (Å²) >= 11 is 6.32. The second-order valence-electron chi connectivity index (χ2n) is 12.5. The van der Waals surface area contributed by atoms with Crippen LogP contribution in [-0.4, -0.2) is 29.0 Å². The zero-order chi connectivity index (χ0) is 21.9. The highest BCUT2D eigenvalue weighted by Gasteiger charge is 2.58. The minimum absolute atomic E-state index is 0.0724. The lowest BCUT2D eigenvalue weighted by Crippen LogP contribution is -2.60. The van der Waals surface area contributed by atoms with Crippen LogP contribution in [0.25, 0.3) is 0 Å². The van der Waals surface area contributed by atoms with E-state index in [4.69, 9.17) is 18.0 Å². The van der Waals surface area contributed by atoms with Crippen LogP contribution in [0, 0.1) is 28.1 Å². The number of likely N-dealkylation sites (tertiary alicyclic amines) is 1. The molecule has 3 aliphatic rings.